The summed E-state index contributed by atoms with van der Waals surface area (Å²) in [6, 6.07) is 10.0. The van der Waals surface area contributed by atoms with E-state index in [0.717, 1.165) is 0 Å². The fourth-order valence-corrected chi connectivity index (χ4v) is 1.62. The quantitative estimate of drug-likeness (QED) is 0.797. The Labute approximate surface area is 116 Å². The molecule has 0 fully saturated rings. The average molecular weight is 268 g/mol. The Balaban J connectivity index is 2.32. The lowest BCUT2D eigenvalue weighted by atomic mass is 10.2. The Bertz CT molecular complexity index is 690. The average Bonchev–Trinajstić information content (AvgIpc) is 2.48. The third-order valence-electron chi connectivity index (χ3n) is 2.65. The molecular formula is C15H12N2O3. The number of nitriles is 1. The molecule has 2 aromatic rings. The molecule has 0 aliphatic heterocycles. The van der Waals surface area contributed by atoms with Gasteiger partial charge in [-0.15, -0.1) is 0 Å². The second-order valence-corrected chi connectivity index (χ2v) is 4.02. The summed E-state index contributed by atoms with van der Waals surface area (Å²) in [6.45, 7) is 1.47. The van der Waals surface area contributed by atoms with E-state index in [-0.39, 0.29) is 5.78 Å². The van der Waals surface area contributed by atoms with Gasteiger partial charge < -0.3 is 9.47 Å². The van der Waals surface area contributed by atoms with Crippen molar-refractivity contribution in [2.24, 2.45) is 0 Å². The minimum atomic E-state index is -0.0657. The van der Waals surface area contributed by atoms with Crippen molar-refractivity contribution in [1.29, 1.82) is 5.26 Å². The van der Waals surface area contributed by atoms with Gasteiger partial charge >= 0.3 is 0 Å². The van der Waals surface area contributed by atoms with Gasteiger partial charge in [0.1, 0.15) is 0 Å². The molecule has 0 saturated heterocycles. The van der Waals surface area contributed by atoms with E-state index in [4.69, 9.17) is 14.7 Å². The number of carbonyl (C=O) groups excluding carboxylic acids is 1. The molecule has 0 N–H and O–H groups in total. The van der Waals surface area contributed by atoms with E-state index < -0.39 is 0 Å². The van der Waals surface area contributed by atoms with Crippen molar-refractivity contribution >= 4 is 5.78 Å². The smallest absolute Gasteiger partial charge is 0.220 e. The van der Waals surface area contributed by atoms with Gasteiger partial charge in [0.25, 0.3) is 0 Å². The summed E-state index contributed by atoms with van der Waals surface area (Å²) in [5, 5.41) is 8.84. The molecule has 0 radical (unpaired) electrons. The highest BCUT2D eigenvalue weighted by atomic mass is 16.5. The lowest BCUT2D eigenvalue weighted by Crippen LogP contribution is -1.96. The molecule has 0 amide bonds. The maximum Gasteiger partial charge on any atom is 0.220 e. The van der Waals surface area contributed by atoms with Crippen molar-refractivity contribution in [1.82, 2.24) is 4.98 Å². The van der Waals surface area contributed by atoms with Crippen molar-refractivity contribution in [3.8, 4) is 23.4 Å². The summed E-state index contributed by atoms with van der Waals surface area (Å²) < 4.78 is 10.8. The fourth-order valence-electron chi connectivity index (χ4n) is 1.62. The van der Waals surface area contributed by atoms with Gasteiger partial charge in [-0.1, -0.05) is 0 Å². The largest absolute Gasteiger partial charge is 0.493 e. The summed E-state index contributed by atoms with van der Waals surface area (Å²) in [6.07, 6.45) is 1.50. The minimum Gasteiger partial charge on any atom is -0.493 e. The molecule has 0 bridgehead atoms. The monoisotopic (exact) mass is 268 g/mol. The Hall–Kier alpha value is -2.87. The molecule has 0 atom stereocenters. The number of carbonyl (C=O) groups is 1. The van der Waals surface area contributed by atoms with Crippen LogP contribution in [-0.2, 0) is 0 Å². The van der Waals surface area contributed by atoms with Crippen molar-refractivity contribution in [2.45, 2.75) is 6.92 Å². The second-order valence-electron chi connectivity index (χ2n) is 4.02. The lowest BCUT2D eigenvalue weighted by Gasteiger charge is -2.10. The molecular weight excluding hydrogens is 256 g/mol. The molecule has 0 spiro atoms. The first-order chi connectivity index (χ1) is 9.63. The number of rotatable bonds is 4. The van der Waals surface area contributed by atoms with Crippen LogP contribution in [0.4, 0.5) is 0 Å². The van der Waals surface area contributed by atoms with Crippen LogP contribution in [-0.4, -0.2) is 17.9 Å². The molecule has 0 aliphatic rings. The van der Waals surface area contributed by atoms with Crippen molar-refractivity contribution < 1.29 is 14.3 Å². The van der Waals surface area contributed by atoms with Crippen LogP contribution in [0.15, 0.2) is 36.5 Å². The van der Waals surface area contributed by atoms with E-state index in [1.54, 1.807) is 30.3 Å². The number of nitrogens with zero attached hydrogens (tertiary/aromatic N) is 2. The molecule has 1 aromatic carbocycles. The highest BCUT2D eigenvalue weighted by Crippen LogP contribution is 2.31. The number of ether oxygens (including phenoxy) is 2. The zero-order chi connectivity index (χ0) is 14.5. The van der Waals surface area contributed by atoms with E-state index in [1.165, 1.54) is 20.2 Å². The number of aromatic nitrogens is 1. The molecule has 100 valence electrons. The standard InChI is InChI=1S/C15H12N2O3/c1-10(18)12-5-6-17-15(8-12)20-13-4-3-11(9-16)7-14(13)19-2/h3-8H,1-2H3. The zero-order valence-electron chi connectivity index (χ0n) is 11.1. The maximum absolute atomic E-state index is 11.3. The highest BCUT2D eigenvalue weighted by Gasteiger charge is 2.09. The third kappa shape index (κ3) is 2.93. The van der Waals surface area contributed by atoms with Crippen LogP contribution >= 0.6 is 0 Å². The molecule has 1 aromatic heterocycles. The Kier molecular flexibility index (Phi) is 3.96. The van der Waals surface area contributed by atoms with Crippen LogP contribution < -0.4 is 9.47 Å². The SMILES string of the molecule is COc1cc(C#N)ccc1Oc1cc(C(C)=O)ccn1. The summed E-state index contributed by atoms with van der Waals surface area (Å²) in [7, 11) is 1.49. The van der Waals surface area contributed by atoms with Crippen molar-refractivity contribution in [3.05, 3.63) is 47.7 Å². The van der Waals surface area contributed by atoms with Gasteiger partial charge in [0, 0.05) is 23.9 Å². The normalized spacial score (nSPS) is 9.65. The van der Waals surface area contributed by atoms with Gasteiger partial charge in [0.15, 0.2) is 17.3 Å². The summed E-state index contributed by atoms with van der Waals surface area (Å²) >= 11 is 0. The zero-order valence-corrected chi connectivity index (χ0v) is 11.1. The second kappa shape index (κ2) is 5.85. The number of methoxy groups -OCH3 is 1. The molecule has 5 nitrogen and oxygen atoms in total. The summed E-state index contributed by atoms with van der Waals surface area (Å²) in [5.74, 6) is 1.09. The first-order valence-corrected chi connectivity index (χ1v) is 5.87. The van der Waals surface area contributed by atoms with Gasteiger partial charge in [-0.2, -0.15) is 5.26 Å². The Morgan fingerprint density at radius 2 is 2.05 bits per heavy atom. The molecule has 2 rings (SSSR count). The van der Waals surface area contributed by atoms with Crippen molar-refractivity contribution in [3.63, 3.8) is 0 Å². The maximum atomic E-state index is 11.3. The summed E-state index contributed by atoms with van der Waals surface area (Å²) in [4.78, 5) is 15.4. The van der Waals surface area contributed by atoms with Gasteiger partial charge in [0.2, 0.25) is 5.88 Å². The summed E-state index contributed by atoms with van der Waals surface area (Å²) in [5.41, 5.74) is 0.988. The topological polar surface area (TPSA) is 72.2 Å². The first-order valence-electron chi connectivity index (χ1n) is 5.87. The molecule has 0 unspecified atom stereocenters. The van der Waals surface area contributed by atoms with Crippen LogP contribution in [0.2, 0.25) is 0 Å². The molecule has 5 heteroatoms. The number of benzene rings is 1. The Morgan fingerprint density at radius 3 is 2.70 bits per heavy atom. The van der Waals surface area contributed by atoms with Gasteiger partial charge in [-0.25, -0.2) is 4.98 Å². The lowest BCUT2D eigenvalue weighted by molar-refractivity contribution is 0.101. The van der Waals surface area contributed by atoms with Gasteiger partial charge in [0.05, 0.1) is 18.7 Å². The molecule has 1 heterocycles. The van der Waals surface area contributed by atoms with Crippen LogP contribution in [0.5, 0.6) is 17.4 Å². The third-order valence-corrected chi connectivity index (χ3v) is 2.65. The van der Waals surface area contributed by atoms with Crippen LogP contribution in [0.25, 0.3) is 0 Å². The van der Waals surface area contributed by atoms with E-state index in [2.05, 4.69) is 4.98 Å². The van der Waals surface area contributed by atoms with Crippen LogP contribution in [0.3, 0.4) is 0 Å². The predicted octanol–water partition coefficient (Wildman–Crippen LogP) is 2.96. The fraction of sp³-hybridized carbons (Fsp3) is 0.133. The van der Waals surface area contributed by atoms with E-state index in [9.17, 15) is 4.79 Å². The number of Topliss-reactive ketones (excluding diaryl/α,β-unsaturated/α-hetero) is 1. The van der Waals surface area contributed by atoms with Crippen LogP contribution in [0, 0.1) is 11.3 Å². The van der Waals surface area contributed by atoms with Gasteiger partial charge in [-0.3, -0.25) is 4.79 Å². The van der Waals surface area contributed by atoms with E-state index in [0.29, 0.717) is 28.5 Å². The predicted molar refractivity (Wildman–Crippen MR) is 72.0 cm³/mol. The molecule has 0 aliphatic carbocycles. The number of pyridine rings is 1. The van der Waals surface area contributed by atoms with Gasteiger partial charge in [-0.05, 0) is 25.1 Å². The highest BCUT2D eigenvalue weighted by molar-refractivity contribution is 5.94. The van der Waals surface area contributed by atoms with E-state index >= 15 is 0 Å². The van der Waals surface area contributed by atoms with Crippen molar-refractivity contribution in [2.75, 3.05) is 7.11 Å². The first kappa shape index (κ1) is 13.6. The number of hydrogen-bond acceptors (Lipinski definition) is 5. The Morgan fingerprint density at radius 1 is 1.25 bits per heavy atom. The molecule has 0 saturated carbocycles. The molecule has 20 heavy (non-hydrogen) atoms. The number of hydrogen-bond donors (Lipinski definition) is 0. The minimum absolute atomic E-state index is 0.0657. The van der Waals surface area contributed by atoms with Crippen LogP contribution in [0.1, 0.15) is 22.8 Å². The van der Waals surface area contributed by atoms with E-state index in [1.807, 2.05) is 6.07 Å². The number of ketones is 1.